The lowest BCUT2D eigenvalue weighted by Gasteiger charge is -2.36. The van der Waals surface area contributed by atoms with Crippen molar-refractivity contribution in [2.75, 3.05) is 18.0 Å². The highest BCUT2D eigenvalue weighted by Crippen LogP contribution is 2.34. The average Bonchev–Trinajstić information content (AvgIpc) is 3.28. The minimum absolute atomic E-state index is 0.264. The van der Waals surface area contributed by atoms with Crippen LogP contribution >= 0.6 is 0 Å². The van der Waals surface area contributed by atoms with E-state index in [0.29, 0.717) is 12.1 Å². The Bertz CT molecular complexity index is 1190. The largest absolute Gasteiger partial charge is 0.348 e. The SMILES string of the molecule is Fc1ccc(-c2nc3ccc(N4C5CCC4CNC5)nc3n2-c2ccncc2)cc1. The number of fused-ring (bicyclic) bond motifs is 3. The molecule has 5 heterocycles. The second kappa shape index (κ2) is 6.88. The Labute approximate surface area is 173 Å². The predicted octanol–water partition coefficient (Wildman–Crippen LogP) is 3.56. The monoisotopic (exact) mass is 400 g/mol. The van der Waals surface area contributed by atoms with Gasteiger partial charge in [-0.3, -0.25) is 9.55 Å². The lowest BCUT2D eigenvalue weighted by molar-refractivity contribution is 0.481. The predicted molar refractivity (Wildman–Crippen MR) is 114 cm³/mol. The summed E-state index contributed by atoms with van der Waals surface area (Å²) in [6.07, 6.45) is 5.91. The van der Waals surface area contributed by atoms with Crippen LogP contribution in [0.15, 0.2) is 60.9 Å². The highest BCUT2D eigenvalue weighted by atomic mass is 19.1. The number of imidazole rings is 1. The molecule has 2 saturated heterocycles. The van der Waals surface area contributed by atoms with Crippen molar-refractivity contribution in [3.8, 4) is 17.1 Å². The maximum Gasteiger partial charge on any atom is 0.167 e. The summed E-state index contributed by atoms with van der Waals surface area (Å²) in [5.41, 5.74) is 3.39. The molecule has 30 heavy (non-hydrogen) atoms. The number of hydrogen-bond acceptors (Lipinski definition) is 5. The number of hydrogen-bond donors (Lipinski definition) is 1. The number of nitrogens with zero attached hydrogens (tertiary/aromatic N) is 5. The number of nitrogens with one attached hydrogen (secondary N) is 1. The number of piperazine rings is 1. The van der Waals surface area contributed by atoms with Crippen LogP contribution in [0.4, 0.5) is 10.2 Å². The molecule has 150 valence electrons. The molecule has 2 aliphatic heterocycles. The fraction of sp³-hybridized carbons (Fsp3) is 0.261. The number of rotatable bonds is 3. The van der Waals surface area contributed by atoms with Gasteiger partial charge in [0, 0.05) is 43.1 Å². The standard InChI is InChI=1S/C23H21FN6/c24-16-3-1-15(2-4-16)22-27-20-7-8-21(29-18-5-6-19(29)14-26-13-18)28-23(20)30(22)17-9-11-25-12-10-17/h1-4,7-12,18-19,26H,5-6,13-14H2. The Morgan fingerprint density at radius 2 is 1.60 bits per heavy atom. The summed E-state index contributed by atoms with van der Waals surface area (Å²) in [5.74, 6) is 1.47. The van der Waals surface area contributed by atoms with E-state index in [-0.39, 0.29) is 5.82 Å². The van der Waals surface area contributed by atoms with Crippen molar-refractivity contribution < 1.29 is 4.39 Å². The summed E-state index contributed by atoms with van der Waals surface area (Å²) in [7, 11) is 0. The van der Waals surface area contributed by atoms with Crippen LogP contribution < -0.4 is 10.2 Å². The summed E-state index contributed by atoms with van der Waals surface area (Å²) in [6.45, 7) is 2.00. The Morgan fingerprint density at radius 3 is 2.33 bits per heavy atom. The molecule has 4 aromatic rings. The highest BCUT2D eigenvalue weighted by molar-refractivity contribution is 5.81. The van der Waals surface area contributed by atoms with Gasteiger partial charge in [0.2, 0.25) is 0 Å². The normalized spacial score (nSPS) is 20.8. The van der Waals surface area contributed by atoms with Gasteiger partial charge in [0.15, 0.2) is 5.65 Å². The van der Waals surface area contributed by atoms with Gasteiger partial charge < -0.3 is 10.2 Å². The van der Waals surface area contributed by atoms with Crippen molar-refractivity contribution in [2.24, 2.45) is 0 Å². The lowest BCUT2D eigenvalue weighted by Crippen LogP contribution is -2.52. The van der Waals surface area contributed by atoms with Gasteiger partial charge in [0.05, 0.1) is 5.69 Å². The van der Waals surface area contributed by atoms with Crippen LogP contribution in [-0.4, -0.2) is 44.7 Å². The van der Waals surface area contributed by atoms with Crippen LogP contribution in [0.3, 0.4) is 0 Å². The van der Waals surface area contributed by atoms with E-state index in [0.717, 1.165) is 47.1 Å². The summed E-state index contributed by atoms with van der Waals surface area (Å²) in [6, 6.07) is 15.4. The fourth-order valence-electron chi connectivity index (χ4n) is 4.77. The molecule has 0 amide bonds. The van der Waals surface area contributed by atoms with Gasteiger partial charge in [-0.15, -0.1) is 0 Å². The molecule has 6 rings (SSSR count). The number of anilines is 1. The van der Waals surface area contributed by atoms with Gasteiger partial charge in [-0.25, -0.2) is 14.4 Å². The third-order valence-electron chi connectivity index (χ3n) is 6.16. The zero-order valence-corrected chi connectivity index (χ0v) is 16.4. The van der Waals surface area contributed by atoms with Gasteiger partial charge in [0.25, 0.3) is 0 Å². The average molecular weight is 400 g/mol. The van der Waals surface area contributed by atoms with Crippen LogP contribution in [0.2, 0.25) is 0 Å². The van der Waals surface area contributed by atoms with E-state index in [4.69, 9.17) is 9.97 Å². The Balaban J connectivity index is 1.55. The third kappa shape index (κ3) is 2.77. The number of aromatic nitrogens is 4. The highest BCUT2D eigenvalue weighted by Gasteiger charge is 2.37. The Kier molecular flexibility index (Phi) is 4.02. The first-order valence-corrected chi connectivity index (χ1v) is 10.3. The first-order valence-electron chi connectivity index (χ1n) is 10.3. The van der Waals surface area contributed by atoms with E-state index < -0.39 is 0 Å². The molecule has 7 heteroatoms. The van der Waals surface area contributed by atoms with Crippen LogP contribution in [0, 0.1) is 5.82 Å². The van der Waals surface area contributed by atoms with Crippen LogP contribution in [0.1, 0.15) is 12.8 Å². The van der Waals surface area contributed by atoms with Gasteiger partial charge >= 0.3 is 0 Å². The van der Waals surface area contributed by atoms with E-state index in [1.165, 1.54) is 25.0 Å². The van der Waals surface area contributed by atoms with Crippen LogP contribution in [0.5, 0.6) is 0 Å². The van der Waals surface area contributed by atoms with E-state index in [1.54, 1.807) is 24.5 Å². The minimum Gasteiger partial charge on any atom is -0.348 e. The van der Waals surface area contributed by atoms with Crippen molar-refractivity contribution in [2.45, 2.75) is 24.9 Å². The Hall–Kier alpha value is -3.32. The first kappa shape index (κ1) is 17.5. The second-order valence-electron chi connectivity index (χ2n) is 7.95. The van der Waals surface area contributed by atoms with Crippen molar-refractivity contribution in [3.63, 3.8) is 0 Å². The van der Waals surface area contributed by atoms with Crippen molar-refractivity contribution >= 4 is 17.0 Å². The Morgan fingerprint density at radius 1 is 0.867 bits per heavy atom. The van der Waals surface area contributed by atoms with Crippen molar-refractivity contribution in [1.82, 2.24) is 24.8 Å². The molecule has 2 atom stereocenters. The molecule has 2 fully saturated rings. The quantitative estimate of drug-likeness (QED) is 0.570. The molecule has 0 aliphatic carbocycles. The molecule has 3 aromatic heterocycles. The summed E-state index contributed by atoms with van der Waals surface area (Å²) < 4.78 is 15.5. The molecule has 2 unspecified atom stereocenters. The van der Waals surface area contributed by atoms with E-state index in [2.05, 4.69) is 21.3 Å². The lowest BCUT2D eigenvalue weighted by atomic mass is 10.2. The van der Waals surface area contributed by atoms with Gasteiger partial charge in [-0.05, 0) is 61.4 Å². The molecule has 0 radical (unpaired) electrons. The molecule has 2 aliphatic rings. The molecule has 1 N–H and O–H groups in total. The molecule has 2 bridgehead atoms. The molecule has 6 nitrogen and oxygen atoms in total. The van der Waals surface area contributed by atoms with E-state index in [1.807, 2.05) is 22.8 Å². The third-order valence-corrected chi connectivity index (χ3v) is 6.16. The van der Waals surface area contributed by atoms with Crippen molar-refractivity contribution in [3.05, 3.63) is 66.7 Å². The maximum atomic E-state index is 13.5. The van der Waals surface area contributed by atoms with Crippen LogP contribution in [-0.2, 0) is 0 Å². The molecular weight excluding hydrogens is 379 g/mol. The topological polar surface area (TPSA) is 58.9 Å². The van der Waals surface area contributed by atoms with Gasteiger partial charge in [0.1, 0.15) is 23.0 Å². The van der Waals surface area contributed by atoms with Gasteiger partial charge in [-0.2, -0.15) is 0 Å². The first-order chi connectivity index (χ1) is 14.8. The summed E-state index contributed by atoms with van der Waals surface area (Å²) >= 11 is 0. The molecule has 0 spiro atoms. The molecular formula is C23H21FN6. The number of pyridine rings is 2. The number of halogens is 1. The fourth-order valence-corrected chi connectivity index (χ4v) is 4.77. The number of benzene rings is 1. The smallest absolute Gasteiger partial charge is 0.167 e. The van der Waals surface area contributed by atoms with E-state index >= 15 is 0 Å². The van der Waals surface area contributed by atoms with E-state index in [9.17, 15) is 4.39 Å². The van der Waals surface area contributed by atoms with Crippen LogP contribution in [0.25, 0.3) is 28.2 Å². The summed E-state index contributed by atoms with van der Waals surface area (Å²) in [5, 5.41) is 3.53. The van der Waals surface area contributed by atoms with Crippen molar-refractivity contribution in [1.29, 1.82) is 0 Å². The zero-order chi connectivity index (χ0) is 20.1. The zero-order valence-electron chi connectivity index (χ0n) is 16.4. The second-order valence-corrected chi connectivity index (χ2v) is 7.95. The molecule has 1 aromatic carbocycles. The molecule has 0 saturated carbocycles. The maximum absolute atomic E-state index is 13.5. The summed E-state index contributed by atoms with van der Waals surface area (Å²) in [4.78, 5) is 16.6. The van der Waals surface area contributed by atoms with Gasteiger partial charge in [-0.1, -0.05) is 0 Å². The minimum atomic E-state index is -0.264.